The number of hydrogen-bond acceptors (Lipinski definition) is 3. The molecule has 110 valence electrons. The molecule has 0 bridgehead atoms. The van der Waals surface area contributed by atoms with Crippen LogP contribution in [0.25, 0.3) is 0 Å². The van der Waals surface area contributed by atoms with E-state index in [2.05, 4.69) is 0 Å². The Morgan fingerprint density at radius 3 is 2.55 bits per heavy atom. The number of aliphatic hydroxyl groups is 1. The van der Waals surface area contributed by atoms with Crippen molar-refractivity contribution in [1.29, 1.82) is 0 Å². The highest BCUT2D eigenvalue weighted by atomic mass is 16.6. The molecule has 4 heteroatoms. The third kappa shape index (κ3) is 3.73. The molecule has 1 aromatic rings. The molecule has 0 spiro atoms. The highest BCUT2D eigenvalue weighted by Crippen LogP contribution is 2.28. The van der Waals surface area contributed by atoms with Crippen molar-refractivity contribution in [1.82, 2.24) is 4.90 Å². The number of aliphatic hydroxyl groups excluding tert-OH is 1. The van der Waals surface area contributed by atoms with E-state index in [9.17, 15) is 9.90 Å². The second-order valence-corrected chi connectivity index (χ2v) is 6.30. The summed E-state index contributed by atoms with van der Waals surface area (Å²) in [6.45, 7) is 6.62. The predicted molar refractivity (Wildman–Crippen MR) is 77.6 cm³/mol. The minimum atomic E-state index is -0.491. The van der Waals surface area contributed by atoms with Crippen LogP contribution in [0.1, 0.15) is 38.7 Å². The second kappa shape index (κ2) is 5.83. The zero-order chi connectivity index (χ0) is 14.8. The van der Waals surface area contributed by atoms with Gasteiger partial charge in [-0.15, -0.1) is 0 Å². The Balaban J connectivity index is 2.07. The van der Waals surface area contributed by atoms with Gasteiger partial charge in [-0.2, -0.15) is 0 Å². The van der Waals surface area contributed by atoms with Gasteiger partial charge in [-0.3, -0.25) is 0 Å². The lowest BCUT2D eigenvalue weighted by atomic mass is 9.88. The Kier molecular flexibility index (Phi) is 4.33. The normalized spacial score (nSPS) is 23.5. The fraction of sp³-hybridized carbons (Fsp3) is 0.562. The number of rotatable bonds is 1. The van der Waals surface area contributed by atoms with Crippen LogP contribution in [0.15, 0.2) is 30.3 Å². The van der Waals surface area contributed by atoms with Crippen molar-refractivity contribution in [2.24, 2.45) is 0 Å². The Morgan fingerprint density at radius 2 is 1.95 bits per heavy atom. The maximum Gasteiger partial charge on any atom is 0.410 e. The number of carbonyl (C=O) groups excluding carboxylic acids is 1. The van der Waals surface area contributed by atoms with Crippen LogP contribution in [0, 0.1) is 0 Å². The van der Waals surface area contributed by atoms with Gasteiger partial charge in [0.2, 0.25) is 0 Å². The van der Waals surface area contributed by atoms with Crippen molar-refractivity contribution < 1.29 is 14.6 Å². The molecule has 1 N–H and O–H groups in total. The first-order chi connectivity index (χ1) is 9.37. The molecule has 1 aliphatic rings. The number of amides is 1. The summed E-state index contributed by atoms with van der Waals surface area (Å²) >= 11 is 0. The van der Waals surface area contributed by atoms with E-state index in [0.29, 0.717) is 19.5 Å². The van der Waals surface area contributed by atoms with E-state index in [4.69, 9.17) is 4.74 Å². The van der Waals surface area contributed by atoms with Crippen LogP contribution in [0.3, 0.4) is 0 Å². The molecule has 0 saturated carbocycles. The molecule has 1 amide bonds. The molecule has 0 unspecified atom stereocenters. The summed E-state index contributed by atoms with van der Waals surface area (Å²) in [7, 11) is 0. The number of carbonyl (C=O) groups is 1. The van der Waals surface area contributed by atoms with Gasteiger partial charge in [-0.1, -0.05) is 30.3 Å². The molecule has 0 aliphatic carbocycles. The van der Waals surface area contributed by atoms with Crippen molar-refractivity contribution in [2.75, 3.05) is 13.1 Å². The summed E-state index contributed by atoms with van der Waals surface area (Å²) in [5.74, 6) is -0.0440. The second-order valence-electron chi connectivity index (χ2n) is 6.30. The third-order valence-corrected chi connectivity index (χ3v) is 3.46. The number of hydrogen-bond donors (Lipinski definition) is 1. The number of piperidine rings is 1. The van der Waals surface area contributed by atoms with Crippen LogP contribution in [-0.2, 0) is 4.74 Å². The number of nitrogens with zero attached hydrogens (tertiary/aromatic N) is 1. The SMILES string of the molecule is CC(C)(C)OC(=O)N1CC[C@H](O)[C@H](c2ccccc2)C1. The number of ether oxygens (including phenoxy) is 1. The van der Waals surface area contributed by atoms with Crippen molar-refractivity contribution >= 4 is 6.09 Å². The van der Waals surface area contributed by atoms with Gasteiger partial charge in [-0.05, 0) is 32.8 Å². The van der Waals surface area contributed by atoms with Crippen LogP contribution in [0.4, 0.5) is 4.79 Å². The lowest BCUT2D eigenvalue weighted by Gasteiger charge is -2.37. The van der Waals surface area contributed by atoms with Crippen LogP contribution < -0.4 is 0 Å². The Morgan fingerprint density at radius 1 is 1.30 bits per heavy atom. The van der Waals surface area contributed by atoms with E-state index >= 15 is 0 Å². The molecular weight excluding hydrogens is 254 g/mol. The van der Waals surface area contributed by atoms with Crippen molar-refractivity contribution in [2.45, 2.75) is 44.8 Å². The first kappa shape index (κ1) is 14.9. The van der Waals surface area contributed by atoms with Crippen LogP contribution >= 0.6 is 0 Å². The molecule has 0 radical (unpaired) electrons. The van der Waals surface area contributed by atoms with E-state index < -0.39 is 11.7 Å². The first-order valence-corrected chi connectivity index (χ1v) is 7.08. The van der Waals surface area contributed by atoms with Gasteiger partial charge in [0.1, 0.15) is 5.60 Å². The Labute approximate surface area is 120 Å². The molecule has 1 fully saturated rings. The quantitative estimate of drug-likeness (QED) is 0.858. The van der Waals surface area contributed by atoms with E-state index in [1.807, 2.05) is 51.1 Å². The topological polar surface area (TPSA) is 49.8 Å². The summed E-state index contributed by atoms with van der Waals surface area (Å²) in [6.07, 6.45) is -0.125. The molecule has 1 saturated heterocycles. The number of likely N-dealkylation sites (tertiary alicyclic amines) is 1. The Bertz CT molecular complexity index is 453. The van der Waals surface area contributed by atoms with Crippen LogP contribution in [0.5, 0.6) is 0 Å². The lowest BCUT2D eigenvalue weighted by molar-refractivity contribution is 0.00407. The highest BCUT2D eigenvalue weighted by molar-refractivity contribution is 5.68. The van der Waals surface area contributed by atoms with Crippen LogP contribution in [-0.4, -0.2) is 40.9 Å². The van der Waals surface area contributed by atoms with Crippen molar-refractivity contribution in [3.63, 3.8) is 0 Å². The minimum Gasteiger partial charge on any atom is -0.444 e. The van der Waals surface area contributed by atoms with Gasteiger partial charge >= 0.3 is 6.09 Å². The van der Waals surface area contributed by atoms with E-state index in [1.165, 1.54) is 0 Å². The van der Waals surface area contributed by atoms with E-state index in [0.717, 1.165) is 5.56 Å². The molecule has 4 nitrogen and oxygen atoms in total. The maximum atomic E-state index is 12.1. The largest absolute Gasteiger partial charge is 0.444 e. The smallest absolute Gasteiger partial charge is 0.410 e. The molecular formula is C16H23NO3. The summed E-state index contributed by atoms with van der Waals surface area (Å²) in [4.78, 5) is 13.8. The average molecular weight is 277 g/mol. The predicted octanol–water partition coefficient (Wildman–Crippen LogP) is 2.77. The van der Waals surface area contributed by atoms with Gasteiger partial charge < -0.3 is 14.7 Å². The molecule has 20 heavy (non-hydrogen) atoms. The summed E-state index contributed by atoms with van der Waals surface area (Å²) in [6, 6.07) is 9.84. The third-order valence-electron chi connectivity index (χ3n) is 3.46. The van der Waals surface area contributed by atoms with Crippen molar-refractivity contribution in [3.8, 4) is 0 Å². The average Bonchev–Trinajstić information content (AvgIpc) is 2.38. The van der Waals surface area contributed by atoms with E-state index in [1.54, 1.807) is 4.90 Å². The minimum absolute atomic E-state index is 0.0440. The highest BCUT2D eigenvalue weighted by Gasteiger charge is 2.33. The standard InChI is InChI=1S/C16H23NO3/c1-16(2,3)20-15(19)17-10-9-14(18)13(11-17)12-7-5-4-6-8-12/h4-8,13-14,18H,9-11H2,1-3H3/t13-,14-/m0/s1. The molecule has 2 rings (SSSR count). The molecule has 1 aliphatic heterocycles. The molecule has 1 heterocycles. The van der Waals surface area contributed by atoms with Gasteiger partial charge in [-0.25, -0.2) is 4.79 Å². The lowest BCUT2D eigenvalue weighted by Crippen LogP contribution is -2.46. The monoisotopic (exact) mass is 277 g/mol. The first-order valence-electron chi connectivity index (χ1n) is 7.08. The summed E-state index contributed by atoms with van der Waals surface area (Å²) < 4.78 is 5.40. The van der Waals surface area contributed by atoms with Crippen LogP contribution in [0.2, 0.25) is 0 Å². The van der Waals surface area contributed by atoms with Crippen molar-refractivity contribution in [3.05, 3.63) is 35.9 Å². The number of benzene rings is 1. The zero-order valence-electron chi connectivity index (χ0n) is 12.4. The van der Waals surface area contributed by atoms with E-state index in [-0.39, 0.29) is 12.0 Å². The fourth-order valence-corrected chi connectivity index (χ4v) is 2.46. The summed E-state index contributed by atoms with van der Waals surface area (Å²) in [5.41, 5.74) is 0.573. The summed E-state index contributed by atoms with van der Waals surface area (Å²) in [5, 5.41) is 10.2. The van der Waals surface area contributed by atoms with Gasteiger partial charge in [0, 0.05) is 19.0 Å². The zero-order valence-corrected chi connectivity index (χ0v) is 12.4. The van der Waals surface area contributed by atoms with Gasteiger partial charge in [0.15, 0.2) is 0 Å². The Hall–Kier alpha value is -1.55. The van der Waals surface area contributed by atoms with Gasteiger partial charge in [0.05, 0.1) is 6.10 Å². The maximum absolute atomic E-state index is 12.1. The van der Waals surface area contributed by atoms with Gasteiger partial charge in [0.25, 0.3) is 0 Å². The molecule has 2 atom stereocenters. The fourth-order valence-electron chi connectivity index (χ4n) is 2.46. The molecule has 1 aromatic carbocycles. The molecule has 0 aromatic heterocycles.